The fourth-order valence-electron chi connectivity index (χ4n) is 0.203. The number of carbonyl (C=O) groups excluding carboxylic acids is 1. The number of hydrogen-bond donors (Lipinski definition) is 2. The van der Waals surface area contributed by atoms with Crippen LogP contribution in [-0.2, 0) is 14.3 Å². The normalized spacial score (nSPS) is 5.33. The molecule has 0 saturated heterocycles. The lowest BCUT2D eigenvalue weighted by Gasteiger charge is -1.89. The first kappa shape index (κ1) is 22.5. The summed E-state index contributed by atoms with van der Waals surface area (Å²) in [6, 6.07) is 0. The van der Waals surface area contributed by atoms with E-state index in [1.165, 1.54) is 6.92 Å². The third-order valence-electron chi connectivity index (χ3n) is 0.348. The highest BCUT2D eigenvalue weighted by molar-refractivity contribution is 5.85. The number of aliphatic hydroxyl groups excluding tert-OH is 1. The Morgan fingerprint density at radius 2 is 1.75 bits per heavy atom. The van der Waals surface area contributed by atoms with E-state index in [0.29, 0.717) is 6.61 Å². The summed E-state index contributed by atoms with van der Waals surface area (Å²) in [5.74, 6) is -0.211. The molecule has 0 rings (SSSR count). The van der Waals surface area contributed by atoms with Crippen molar-refractivity contribution in [3.05, 3.63) is 0 Å². The molecule has 0 aliphatic carbocycles. The molecule has 0 aromatic heterocycles. The topological polar surface area (TPSA) is 83.8 Å². The van der Waals surface area contributed by atoms with Crippen LogP contribution < -0.4 is 0 Å². The molecule has 0 spiro atoms. The molecule has 0 aromatic rings. The van der Waals surface area contributed by atoms with Gasteiger partial charge in [-0.2, -0.15) is 0 Å². The molecule has 76 valence electrons. The van der Waals surface area contributed by atoms with E-state index >= 15 is 0 Å². The van der Waals surface area contributed by atoms with Crippen molar-refractivity contribution in [3.63, 3.8) is 0 Å². The van der Waals surface area contributed by atoms with E-state index in [1.54, 1.807) is 6.92 Å². The minimum atomic E-state index is -0.250. The van der Waals surface area contributed by atoms with Gasteiger partial charge in [0.15, 0.2) is 0 Å². The molecule has 0 fully saturated rings. The Kier molecular flexibility index (Phi) is 59.8. The van der Waals surface area contributed by atoms with Crippen LogP contribution in [0.25, 0.3) is 0 Å². The van der Waals surface area contributed by atoms with E-state index in [2.05, 4.69) is 4.74 Å². The van der Waals surface area contributed by atoms with E-state index in [4.69, 9.17) is 15.0 Å². The molecule has 6 heteroatoms. The predicted molar refractivity (Wildman–Crippen MR) is 46.4 cm³/mol. The summed E-state index contributed by atoms with van der Waals surface area (Å²) in [5, 5.41) is 13.9. The third kappa shape index (κ3) is 129. The Hall–Kier alpha value is -0.810. The van der Waals surface area contributed by atoms with Crippen molar-refractivity contribution in [2.45, 2.75) is 13.8 Å². The van der Waals surface area contributed by atoms with Crippen LogP contribution in [0.5, 0.6) is 0 Å². The maximum absolute atomic E-state index is 9.82. The molecule has 0 bridgehead atoms. The van der Waals surface area contributed by atoms with Crippen LogP contribution in [0, 0.1) is 0 Å². The van der Waals surface area contributed by atoms with Gasteiger partial charge in [-0.3, -0.25) is 9.59 Å². The molecule has 0 saturated carbocycles. The van der Waals surface area contributed by atoms with Crippen molar-refractivity contribution in [2.24, 2.45) is 0 Å². The van der Waals surface area contributed by atoms with Crippen LogP contribution in [0.2, 0.25) is 0 Å². The molecule has 2 N–H and O–H groups in total. The molecule has 0 heterocycles. The smallest absolute Gasteiger partial charge is 0.302 e. The molecule has 12 heavy (non-hydrogen) atoms. The average Bonchev–Trinajstić information content (AvgIpc) is 1.93. The van der Waals surface area contributed by atoms with E-state index in [-0.39, 0.29) is 24.8 Å². The summed E-state index contributed by atoms with van der Waals surface area (Å²) in [6.07, 6.45) is 0. The zero-order chi connectivity index (χ0) is 9.70. The van der Waals surface area contributed by atoms with E-state index in [0.717, 1.165) is 7.11 Å². The lowest BCUT2D eigenvalue weighted by molar-refractivity contribution is -0.140. The molecule has 0 radical (unpaired) electrons. The molecule has 0 amide bonds. The van der Waals surface area contributed by atoms with Crippen molar-refractivity contribution >= 4 is 24.8 Å². The van der Waals surface area contributed by atoms with Crippen LogP contribution in [0.1, 0.15) is 13.8 Å². The first-order valence-corrected chi connectivity index (χ1v) is 2.85. The summed E-state index contributed by atoms with van der Waals surface area (Å²) >= 11 is 0. The van der Waals surface area contributed by atoms with E-state index in [1.807, 2.05) is 0 Å². The Balaban J connectivity index is -0.0000000462. The van der Waals surface area contributed by atoms with Gasteiger partial charge in [-0.25, -0.2) is 0 Å². The average molecular weight is 203 g/mol. The van der Waals surface area contributed by atoms with Crippen molar-refractivity contribution in [1.82, 2.24) is 0 Å². The van der Waals surface area contributed by atoms with Gasteiger partial charge in [0.05, 0.1) is 6.61 Å². The second kappa shape index (κ2) is 31.9. The number of carbonyl (C=O) groups is 2. The Bertz CT molecular complexity index is 86.0. The number of rotatable bonds is 1. The molecule has 0 aliphatic rings. The highest BCUT2D eigenvalue weighted by atomic mass is 35.5. The van der Waals surface area contributed by atoms with Crippen molar-refractivity contribution < 1.29 is 24.5 Å². The van der Waals surface area contributed by atoms with Crippen molar-refractivity contribution in [1.29, 1.82) is 0 Å². The monoisotopic (exact) mass is 202 g/mol. The Morgan fingerprint density at radius 1 is 1.50 bits per heavy atom. The lowest BCUT2D eigenvalue weighted by atomic mass is 10.8. The van der Waals surface area contributed by atoms with Gasteiger partial charge in [-0.05, 0) is 6.92 Å². The summed E-state index contributed by atoms with van der Waals surface area (Å²) in [7, 11) is 1.00. The summed E-state index contributed by atoms with van der Waals surface area (Å²) < 4.78 is 4.40. The number of aliphatic hydroxyl groups is 1. The summed E-state index contributed by atoms with van der Waals surface area (Å²) in [6.45, 7) is 3.40. The van der Waals surface area contributed by atoms with Gasteiger partial charge in [0.1, 0.15) is 0 Å². The maximum Gasteiger partial charge on any atom is 0.302 e. The fourth-order valence-corrected chi connectivity index (χ4v) is 0.203. The number of halogens is 1. The lowest BCUT2D eigenvalue weighted by Crippen LogP contribution is -1.95. The molecule has 0 atom stereocenters. The Morgan fingerprint density at radius 3 is 1.75 bits per heavy atom. The third-order valence-corrected chi connectivity index (χ3v) is 0.348. The Labute approximate surface area is 77.8 Å². The number of ether oxygens (including phenoxy) is 1. The SMILES string of the molecule is CCOC(C)=O.CO.Cl.O=CO. The second-order valence-electron chi connectivity index (χ2n) is 1.03. The van der Waals surface area contributed by atoms with E-state index < -0.39 is 0 Å². The van der Waals surface area contributed by atoms with Gasteiger partial charge in [-0.15, -0.1) is 12.4 Å². The quantitative estimate of drug-likeness (QED) is 0.472. The first-order valence-electron chi connectivity index (χ1n) is 2.85. The highest BCUT2D eigenvalue weighted by Crippen LogP contribution is 1.69. The predicted octanol–water partition coefficient (Wildman–Crippen LogP) is 0.300. The minimum absolute atomic E-state index is 0. The van der Waals surface area contributed by atoms with Gasteiger partial charge in [0, 0.05) is 14.0 Å². The van der Waals surface area contributed by atoms with Crippen molar-refractivity contribution in [2.75, 3.05) is 13.7 Å². The van der Waals surface area contributed by atoms with E-state index in [9.17, 15) is 4.79 Å². The van der Waals surface area contributed by atoms with Gasteiger partial charge in [-0.1, -0.05) is 0 Å². The standard InChI is InChI=1S/C4H8O2.CH2O2.CH4O.ClH/c1-3-6-4(2)5;2-1-3;1-2;/h3H2,1-2H3;1H,(H,2,3);2H,1H3;1H. The summed E-state index contributed by atoms with van der Waals surface area (Å²) in [5.41, 5.74) is 0. The van der Waals surface area contributed by atoms with Gasteiger partial charge in [0.2, 0.25) is 0 Å². The number of esters is 1. The van der Waals surface area contributed by atoms with Crippen LogP contribution in [-0.4, -0.2) is 36.4 Å². The van der Waals surface area contributed by atoms with Gasteiger partial charge >= 0.3 is 5.97 Å². The second-order valence-corrected chi connectivity index (χ2v) is 1.03. The zero-order valence-electron chi connectivity index (χ0n) is 7.31. The zero-order valence-corrected chi connectivity index (χ0v) is 8.13. The maximum atomic E-state index is 9.82. The van der Waals surface area contributed by atoms with Crippen LogP contribution in [0.3, 0.4) is 0 Å². The molecule has 0 unspecified atom stereocenters. The number of hydrogen-bond acceptors (Lipinski definition) is 4. The van der Waals surface area contributed by atoms with Crippen LogP contribution in [0.15, 0.2) is 0 Å². The highest BCUT2D eigenvalue weighted by Gasteiger charge is 1.81. The van der Waals surface area contributed by atoms with Gasteiger partial charge in [0.25, 0.3) is 6.47 Å². The molecular formula is C6H15ClO5. The molecular weight excluding hydrogens is 188 g/mol. The molecule has 5 nitrogen and oxygen atoms in total. The minimum Gasteiger partial charge on any atom is -0.483 e. The largest absolute Gasteiger partial charge is 0.483 e. The number of carboxylic acid groups (broad SMARTS) is 1. The van der Waals surface area contributed by atoms with Crippen molar-refractivity contribution in [3.8, 4) is 0 Å². The fraction of sp³-hybridized carbons (Fsp3) is 0.667. The molecule has 0 aromatic carbocycles. The van der Waals surface area contributed by atoms with Crippen LogP contribution >= 0.6 is 12.4 Å². The first-order chi connectivity index (χ1) is 5.18. The van der Waals surface area contributed by atoms with Gasteiger partial charge < -0.3 is 14.9 Å². The molecule has 0 aliphatic heterocycles. The van der Waals surface area contributed by atoms with Crippen LogP contribution in [0.4, 0.5) is 0 Å². The summed E-state index contributed by atoms with van der Waals surface area (Å²) in [4.78, 5) is 18.2.